The van der Waals surface area contributed by atoms with Gasteiger partial charge in [0.05, 0.1) is 18.9 Å². The highest BCUT2D eigenvalue weighted by Crippen LogP contribution is 2.24. The summed E-state index contributed by atoms with van der Waals surface area (Å²) in [5.74, 6) is 0.962. The molecule has 1 heterocycles. The van der Waals surface area contributed by atoms with Crippen LogP contribution in [0, 0.1) is 13.8 Å². The lowest BCUT2D eigenvalue weighted by atomic mass is 10.1. The Kier molecular flexibility index (Phi) is 6.84. The van der Waals surface area contributed by atoms with Crippen molar-refractivity contribution in [3.8, 4) is 11.4 Å². The van der Waals surface area contributed by atoms with Crippen LogP contribution in [-0.2, 0) is 16.1 Å². The highest BCUT2D eigenvalue weighted by Gasteiger charge is 2.16. The van der Waals surface area contributed by atoms with Gasteiger partial charge in [-0.15, -0.1) is 10.2 Å². The van der Waals surface area contributed by atoms with Crippen molar-refractivity contribution in [2.24, 2.45) is 0 Å². The molecule has 3 aromatic rings. The van der Waals surface area contributed by atoms with E-state index in [-0.39, 0.29) is 11.7 Å². The van der Waals surface area contributed by atoms with Gasteiger partial charge in [-0.25, -0.2) is 0 Å². The summed E-state index contributed by atoms with van der Waals surface area (Å²) in [7, 11) is 1.66. The zero-order valence-electron chi connectivity index (χ0n) is 16.3. The number of ether oxygens (including phenoxy) is 1. The summed E-state index contributed by atoms with van der Waals surface area (Å²) in [5.41, 5.74) is 3.98. The van der Waals surface area contributed by atoms with Crippen molar-refractivity contribution >= 4 is 23.4 Å². The molecule has 28 heavy (non-hydrogen) atoms. The predicted octanol–water partition coefficient (Wildman–Crippen LogP) is 3.94. The third-order valence-corrected chi connectivity index (χ3v) is 5.23. The Morgan fingerprint density at radius 2 is 1.93 bits per heavy atom. The molecule has 2 aromatic carbocycles. The zero-order valence-corrected chi connectivity index (χ0v) is 17.1. The fraction of sp³-hybridized carbons (Fsp3) is 0.286. The molecule has 1 N–H and O–H groups in total. The van der Waals surface area contributed by atoms with Crippen LogP contribution in [0.15, 0.2) is 53.7 Å². The maximum Gasteiger partial charge on any atom is 0.234 e. The molecule has 0 saturated carbocycles. The van der Waals surface area contributed by atoms with Gasteiger partial charge < -0.3 is 10.1 Å². The van der Waals surface area contributed by atoms with Crippen molar-refractivity contribution in [2.45, 2.75) is 25.5 Å². The average molecular weight is 397 g/mol. The first kappa shape index (κ1) is 20.1. The summed E-state index contributed by atoms with van der Waals surface area (Å²) < 4.78 is 7.22. The molecular formula is C21H24N4O2S. The fourth-order valence-electron chi connectivity index (χ4n) is 2.77. The standard InChI is InChI=1S/C21H24N4O2S/c1-15-9-10-16(2)18(13-15)22-19(26)14-28-21-24-23-20(25(21)11-12-27-3)17-7-5-4-6-8-17/h4-10,13H,11-12,14H2,1-3H3,(H,22,26). The van der Waals surface area contributed by atoms with Gasteiger partial charge in [0.25, 0.3) is 0 Å². The van der Waals surface area contributed by atoms with Gasteiger partial charge in [0.2, 0.25) is 5.91 Å². The molecule has 1 amide bonds. The van der Waals surface area contributed by atoms with E-state index in [1.807, 2.05) is 66.9 Å². The number of anilines is 1. The van der Waals surface area contributed by atoms with E-state index in [0.29, 0.717) is 18.3 Å². The fourth-order valence-corrected chi connectivity index (χ4v) is 3.53. The van der Waals surface area contributed by atoms with E-state index < -0.39 is 0 Å². The minimum absolute atomic E-state index is 0.0683. The van der Waals surface area contributed by atoms with Crippen LogP contribution < -0.4 is 5.32 Å². The third kappa shape index (κ3) is 4.99. The van der Waals surface area contributed by atoms with Gasteiger partial charge in [-0.05, 0) is 31.0 Å². The number of methoxy groups -OCH3 is 1. The van der Waals surface area contributed by atoms with Crippen molar-refractivity contribution in [1.29, 1.82) is 0 Å². The second kappa shape index (κ2) is 9.52. The molecule has 7 heteroatoms. The molecule has 3 rings (SSSR count). The van der Waals surface area contributed by atoms with E-state index in [0.717, 1.165) is 28.2 Å². The van der Waals surface area contributed by atoms with E-state index in [4.69, 9.17) is 4.74 Å². The Bertz CT molecular complexity index is 941. The number of nitrogens with one attached hydrogen (secondary N) is 1. The Hall–Kier alpha value is -2.64. The quantitative estimate of drug-likeness (QED) is 0.584. The lowest BCUT2D eigenvalue weighted by Crippen LogP contribution is -2.16. The van der Waals surface area contributed by atoms with Gasteiger partial charge in [-0.1, -0.05) is 54.2 Å². The molecule has 0 aliphatic heterocycles. The smallest absolute Gasteiger partial charge is 0.234 e. The number of aryl methyl sites for hydroxylation is 2. The van der Waals surface area contributed by atoms with Crippen LogP contribution in [0.3, 0.4) is 0 Å². The molecule has 6 nitrogen and oxygen atoms in total. The second-order valence-electron chi connectivity index (χ2n) is 6.47. The monoisotopic (exact) mass is 396 g/mol. The Balaban J connectivity index is 1.72. The van der Waals surface area contributed by atoms with Crippen molar-refractivity contribution in [2.75, 3.05) is 24.8 Å². The number of aromatic nitrogens is 3. The molecule has 1 aromatic heterocycles. The zero-order chi connectivity index (χ0) is 19.9. The van der Waals surface area contributed by atoms with Crippen molar-refractivity contribution in [1.82, 2.24) is 14.8 Å². The van der Waals surface area contributed by atoms with Crippen LogP contribution in [0.5, 0.6) is 0 Å². The lowest BCUT2D eigenvalue weighted by molar-refractivity contribution is -0.113. The third-order valence-electron chi connectivity index (χ3n) is 4.27. The van der Waals surface area contributed by atoms with E-state index in [2.05, 4.69) is 15.5 Å². The average Bonchev–Trinajstić information content (AvgIpc) is 3.11. The van der Waals surface area contributed by atoms with Crippen LogP contribution in [0.25, 0.3) is 11.4 Å². The number of carbonyl (C=O) groups is 1. The van der Waals surface area contributed by atoms with Crippen LogP contribution in [0.2, 0.25) is 0 Å². The van der Waals surface area contributed by atoms with E-state index in [1.54, 1.807) is 7.11 Å². The number of thioether (sulfide) groups is 1. The maximum atomic E-state index is 12.4. The molecule has 0 radical (unpaired) electrons. The molecule has 0 unspecified atom stereocenters. The molecule has 0 bridgehead atoms. The number of hydrogen-bond donors (Lipinski definition) is 1. The summed E-state index contributed by atoms with van der Waals surface area (Å²) >= 11 is 1.37. The molecule has 0 spiro atoms. The van der Waals surface area contributed by atoms with Crippen LogP contribution in [-0.4, -0.2) is 40.1 Å². The normalized spacial score (nSPS) is 10.8. The lowest BCUT2D eigenvalue weighted by Gasteiger charge is -2.11. The van der Waals surface area contributed by atoms with Crippen LogP contribution in [0.4, 0.5) is 5.69 Å². The van der Waals surface area contributed by atoms with Crippen molar-refractivity contribution in [3.05, 3.63) is 59.7 Å². The van der Waals surface area contributed by atoms with Crippen LogP contribution in [0.1, 0.15) is 11.1 Å². The second-order valence-corrected chi connectivity index (χ2v) is 7.41. The minimum Gasteiger partial charge on any atom is -0.383 e. The number of rotatable bonds is 8. The topological polar surface area (TPSA) is 69.0 Å². The summed E-state index contributed by atoms with van der Waals surface area (Å²) in [4.78, 5) is 12.4. The summed E-state index contributed by atoms with van der Waals surface area (Å²) in [6.45, 7) is 5.15. The molecular weight excluding hydrogens is 372 g/mol. The Morgan fingerprint density at radius 3 is 2.68 bits per heavy atom. The first-order chi connectivity index (χ1) is 13.6. The highest BCUT2D eigenvalue weighted by atomic mass is 32.2. The number of hydrogen-bond acceptors (Lipinski definition) is 5. The summed E-state index contributed by atoms with van der Waals surface area (Å²) in [5, 5.41) is 12.3. The SMILES string of the molecule is COCCn1c(SCC(=O)Nc2cc(C)ccc2C)nnc1-c1ccccc1. The van der Waals surface area contributed by atoms with E-state index in [9.17, 15) is 4.79 Å². The first-order valence-electron chi connectivity index (χ1n) is 9.06. The molecule has 0 saturated heterocycles. The predicted molar refractivity (Wildman–Crippen MR) is 113 cm³/mol. The van der Waals surface area contributed by atoms with Gasteiger partial charge in [-0.3, -0.25) is 9.36 Å². The summed E-state index contributed by atoms with van der Waals surface area (Å²) in [6, 6.07) is 15.9. The van der Waals surface area contributed by atoms with Crippen molar-refractivity contribution in [3.63, 3.8) is 0 Å². The molecule has 0 atom stereocenters. The van der Waals surface area contributed by atoms with Gasteiger partial charge >= 0.3 is 0 Å². The van der Waals surface area contributed by atoms with Crippen LogP contribution >= 0.6 is 11.8 Å². The molecule has 146 valence electrons. The Labute approximate surface area is 169 Å². The molecule has 0 aliphatic rings. The molecule has 0 fully saturated rings. The van der Waals surface area contributed by atoms with Gasteiger partial charge in [0.1, 0.15) is 0 Å². The van der Waals surface area contributed by atoms with Gasteiger partial charge in [0.15, 0.2) is 11.0 Å². The maximum absolute atomic E-state index is 12.4. The number of amides is 1. The molecule has 0 aliphatic carbocycles. The van der Waals surface area contributed by atoms with Crippen molar-refractivity contribution < 1.29 is 9.53 Å². The first-order valence-corrected chi connectivity index (χ1v) is 10.0. The number of benzene rings is 2. The number of nitrogens with zero attached hydrogens (tertiary/aromatic N) is 3. The minimum atomic E-state index is -0.0683. The summed E-state index contributed by atoms with van der Waals surface area (Å²) in [6.07, 6.45) is 0. The van der Waals surface area contributed by atoms with E-state index in [1.165, 1.54) is 11.8 Å². The largest absolute Gasteiger partial charge is 0.383 e. The highest BCUT2D eigenvalue weighted by molar-refractivity contribution is 7.99. The number of carbonyl (C=O) groups excluding carboxylic acids is 1. The Morgan fingerprint density at radius 1 is 1.14 bits per heavy atom. The van der Waals surface area contributed by atoms with E-state index >= 15 is 0 Å². The van der Waals surface area contributed by atoms with Gasteiger partial charge in [0, 0.05) is 18.4 Å². The van der Waals surface area contributed by atoms with Gasteiger partial charge in [-0.2, -0.15) is 0 Å².